The number of amides is 1. The van der Waals surface area contributed by atoms with Crippen LogP contribution in [0.3, 0.4) is 0 Å². The highest BCUT2D eigenvalue weighted by atomic mass is 16.5. The summed E-state index contributed by atoms with van der Waals surface area (Å²) >= 11 is 0. The minimum Gasteiger partial charge on any atom is -0.467 e. The molecule has 6 nitrogen and oxygen atoms in total. The van der Waals surface area contributed by atoms with Crippen molar-refractivity contribution in [2.75, 3.05) is 7.11 Å². The predicted molar refractivity (Wildman–Crippen MR) is 76.6 cm³/mol. The number of nitrogens with zero attached hydrogens (tertiary/aromatic N) is 2. The maximum atomic E-state index is 12.3. The molecule has 1 amide bonds. The first-order valence-corrected chi connectivity index (χ1v) is 6.47. The van der Waals surface area contributed by atoms with Gasteiger partial charge in [0, 0.05) is 7.05 Å². The maximum Gasteiger partial charge on any atom is 0.333 e. The van der Waals surface area contributed by atoms with E-state index in [2.05, 4.69) is 10.4 Å². The van der Waals surface area contributed by atoms with Crippen molar-refractivity contribution in [3.8, 4) is 0 Å². The molecule has 0 aliphatic carbocycles. The van der Waals surface area contributed by atoms with Gasteiger partial charge in [-0.15, -0.1) is 0 Å². The molecule has 2 aromatic rings. The van der Waals surface area contributed by atoms with E-state index in [4.69, 9.17) is 4.74 Å². The zero-order valence-electron chi connectivity index (χ0n) is 12.2. The first-order chi connectivity index (χ1) is 10.0. The number of hydrogen-bond donors (Lipinski definition) is 1. The lowest BCUT2D eigenvalue weighted by molar-refractivity contribution is -0.143. The van der Waals surface area contributed by atoms with Gasteiger partial charge < -0.3 is 10.1 Å². The third-order valence-corrected chi connectivity index (χ3v) is 3.08. The summed E-state index contributed by atoms with van der Waals surface area (Å²) in [6.45, 7) is 1.80. The molecule has 0 fully saturated rings. The average Bonchev–Trinajstić information content (AvgIpc) is 2.83. The molecule has 0 bridgehead atoms. The van der Waals surface area contributed by atoms with Crippen LogP contribution in [0, 0.1) is 6.92 Å². The van der Waals surface area contributed by atoms with Crippen molar-refractivity contribution < 1.29 is 14.3 Å². The van der Waals surface area contributed by atoms with Crippen molar-refractivity contribution in [2.45, 2.75) is 13.0 Å². The van der Waals surface area contributed by atoms with Crippen molar-refractivity contribution in [3.63, 3.8) is 0 Å². The van der Waals surface area contributed by atoms with Gasteiger partial charge in [-0.25, -0.2) is 4.79 Å². The summed E-state index contributed by atoms with van der Waals surface area (Å²) in [5.41, 5.74) is 1.78. The summed E-state index contributed by atoms with van der Waals surface area (Å²) in [5, 5.41) is 6.80. The maximum absolute atomic E-state index is 12.3. The molecule has 1 heterocycles. The Hall–Kier alpha value is -2.63. The Morgan fingerprint density at radius 3 is 2.48 bits per heavy atom. The third-order valence-electron chi connectivity index (χ3n) is 3.08. The van der Waals surface area contributed by atoms with E-state index < -0.39 is 12.0 Å². The Bertz CT molecular complexity index is 649. The summed E-state index contributed by atoms with van der Waals surface area (Å²) < 4.78 is 6.24. The molecule has 0 spiro atoms. The van der Waals surface area contributed by atoms with Gasteiger partial charge in [0.2, 0.25) is 0 Å². The van der Waals surface area contributed by atoms with Crippen LogP contribution in [0.25, 0.3) is 0 Å². The molecule has 0 saturated carbocycles. The van der Waals surface area contributed by atoms with Crippen molar-refractivity contribution in [3.05, 3.63) is 53.3 Å². The highest BCUT2D eigenvalue weighted by molar-refractivity contribution is 5.95. The largest absolute Gasteiger partial charge is 0.467 e. The van der Waals surface area contributed by atoms with Crippen LogP contribution < -0.4 is 5.32 Å². The van der Waals surface area contributed by atoms with Crippen LogP contribution in [0.15, 0.2) is 36.4 Å². The fraction of sp³-hybridized carbons (Fsp3) is 0.267. The number of rotatable bonds is 4. The van der Waals surface area contributed by atoms with E-state index in [1.165, 1.54) is 11.8 Å². The lowest BCUT2D eigenvalue weighted by atomic mass is 10.1. The van der Waals surface area contributed by atoms with Crippen LogP contribution in [0.2, 0.25) is 0 Å². The van der Waals surface area contributed by atoms with E-state index in [1.807, 2.05) is 6.07 Å². The van der Waals surface area contributed by atoms with Gasteiger partial charge >= 0.3 is 5.97 Å². The Morgan fingerprint density at radius 2 is 1.95 bits per heavy atom. The number of hydrogen-bond acceptors (Lipinski definition) is 4. The lowest BCUT2D eigenvalue weighted by Crippen LogP contribution is -2.35. The number of benzene rings is 1. The fourth-order valence-electron chi connectivity index (χ4n) is 2.07. The SMILES string of the molecule is COC(=O)C(NC(=O)c1cc(C)nn1C)c1ccccc1. The van der Waals surface area contributed by atoms with Crippen molar-refractivity contribution >= 4 is 11.9 Å². The number of aromatic nitrogens is 2. The van der Waals surface area contributed by atoms with Crippen LogP contribution in [0.4, 0.5) is 0 Å². The van der Waals surface area contributed by atoms with Crippen LogP contribution in [-0.2, 0) is 16.6 Å². The van der Waals surface area contributed by atoms with E-state index >= 15 is 0 Å². The van der Waals surface area contributed by atoms with E-state index in [0.29, 0.717) is 11.3 Å². The molecule has 6 heteroatoms. The molecule has 2 rings (SSSR count). The number of methoxy groups -OCH3 is 1. The molecule has 1 aromatic carbocycles. The smallest absolute Gasteiger partial charge is 0.333 e. The Labute approximate surface area is 122 Å². The highest BCUT2D eigenvalue weighted by Gasteiger charge is 2.25. The summed E-state index contributed by atoms with van der Waals surface area (Å²) in [4.78, 5) is 24.2. The first-order valence-electron chi connectivity index (χ1n) is 6.47. The van der Waals surface area contributed by atoms with Gasteiger partial charge in [-0.1, -0.05) is 30.3 Å². The number of carbonyl (C=O) groups is 2. The minimum absolute atomic E-state index is 0.377. The molecular formula is C15H17N3O3. The molecule has 1 unspecified atom stereocenters. The molecule has 0 aliphatic heterocycles. The summed E-state index contributed by atoms with van der Waals surface area (Å²) in [6.07, 6.45) is 0. The van der Waals surface area contributed by atoms with Crippen LogP contribution in [0.1, 0.15) is 27.8 Å². The van der Waals surface area contributed by atoms with Gasteiger partial charge in [0.15, 0.2) is 6.04 Å². The second-order valence-electron chi connectivity index (χ2n) is 4.63. The minimum atomic E-state index is -0.848. The van der Waals surface area contributed by atoms with Gasteiger partial charge in [0.05, 0.1) is 12.8 Å². The molecule has 21 heavy (non-hydrogen) atoms. The summed E-state index contributed by atoms with van der Waals surface area (Å²) in [6, 6.07) is 9.77. The molecule has 0 saturated heterocycles. The van der Waals surface area contributed by atoms with Crippen molar-refractivity contribution in [2.24, 2.45) is 7.05 Å². The predicted octanol–water partition coefficient (Wildman–Crippen LogP) is 1.37. The first kappa shape index (κ1) is 14.8. The topological polar surface area (TPSA) is 73.2 Å². The zero-order chi connectivity index (χ0) is 15.4. The van der Waals surface area contributed by atoms with Gasteiger partial charge in [-0.2, -0.15) is 5.10 Å². The zero-order valence-corrected chi connectivity index (χ0v) is 12.2. The molecule has 110 valence electrons. The van der Waals surface area contributed by atoms with Crippen LogP contribution in [-0.4, -0.2) is 28.8 Å². The van der Waals surface area contributed by atoms with E-state index in [0.717, 1.165) is 5.69 Å². The van der Waals surface area contributed by atoms with E-state index in [-0.39, 0.29) is 5.91 Å². The summed E-state index contributed by atoms with van der Waals surface area (Å²) in [7, 11) is 2.97. The van der Waals surface area contributed by atoms with Crippen LogP contribution >= 0.6 is 0 Å². The number of nitrogens with one attached hydrogen (secondary N) is 1. The summed E-state index contributed by atoms with van der Waals surface area (Å²) in [5.74, 6) is -0.897. The van der Waals surface area contributed by atoms with E-state index in [1.54, 1.807) is 44.3 Å². The quantitative estimate of drug-likeness (QED) is 0.862. The van der Waals surface area contributed by atoms with Crippen molar-refractivity contribution in [1.29, 1.82) is 0 Å². The second-order valence-corrected chi connectivity index (χ2v) is 4.63. The molecule has 1 N–H and O–H groups in total. The number of aryl methyl sites for hydroxylation is 2. The third kappa shape index (κ3) is 3.28. The fourth-order valence-corrected chi connectivity index (χ4v) is 2.07. The molecule has 0 radical (unpaired) electrons. The lowest BCUT2D eigenvalue weighted by Gasteiger charge is -2.16. The molecule has 1 aromatic heterocycles. The van der Waals surface area contributed by atoms with Gasteiger partial charge in [0.25, 0.3) is 5.91 Å². The second kappa shape index (κ2) is 6.21. The average molecular weight is 287 g/mol. The van der Waals surface area contributed by atoms with Crippen molar-refractivity contribution in [1.82, 2.24) is 15.1 Å². The molecule has 1 atom stereocenters. The normalized spacial score (nSPS) is 11.8. The Kier molecular flexibility index (Phi) is 4.37. The Morgan fingerprint density at radius 1 is 1.29 bits per heavy atom. The van der Waals surface area contributed by atoms with Crippen LogP contribution in [0.5, 0.6) is 0 Å². The van der Waals surface area contributed by atoms with Gasteiger partial charge in [-0.05, 0) is 18.6 Å². The highest BCUT2D eigenvalue weighted by Crippen LogP contribution is 2.15. The van der Waals surface area contributed by atoms with Gasteiger partial charge in [0.1, 0.15) is 5.69 Å². The number of ether oxygens (including phenoxy) is 1. The number of esters is 1. The van der Waals surface area contributed by atoms with E-state index in [9.17, 15) is 9.59 Å². The standard InChI is InChI=1S/C15H17N3O3/c1-10-9-12(18(2)17-10)14(19)16-13(15(20)21-3)11-7-5-4-6-8-11/h4-9,13H,1-3H3,(H,16,19). The number of carbonyl (C=O) groups excluding carboxylic acids is 2. The van der Waals surface area contributed by atoms with Gasteiger partial charge in [-0.3, -0.25) is 9.48 Å². The molecular weight excluding hydrogens is 270 g/mol. The Balaban J connectivity index is 2.25. The molecule has 0 aliphatic rings. The monoisotopic (exact) mass is 287 g/mol.